The van der Waals surface area contributed by atoms with Gasteiger partial charge in [0.2, 0.25) is 5.91 Å². The third kappa shape index (κ3) is 2.98. The van der Waals surface area contributed by atoms with Gasteiger partial charge in [-0.05, 0) is 30.0 Å². The van der Waals surface area contributed by atoms with Crippen LogP contribution in [0.5, 0.6) is 0 Å². The number of rotatable bonds is 4. The van der Waals surface area contributed by atoms with Crippen LogP contribution < -0.4 is 4.90 Å². The first-order chi connectivity index (χ1) is 10.1. The molecule has 1 saturated heterocycles. The Hall–Kier alpha value is -2.53. The first-order valence-electron chi connectivity index (χ1n) is 6.57. The number of carbonyl (C=O) groups excluding carboxylic acids is 2. The van der Waals surface area contributed by atoms with Gasteiger partial charge in [-0.15, -0.1) is 0 Å². The summed E-state index contributed by atoms with van der Waals surface area (Å²) in [7, 11) is 1.31. The molecule has 2 rings (SSSR count). The van der Waals surface area contributed by atoms with E-state index in [1.807, 2.05) is 0 Å². The van der Waals surface area contributed by atoms with Crippen LogP contribution in [0.1, 0.15) is 22.3 Å². The molecule has 1 aliphatic heterocycles. The van der Waals surface area contributed by atoms with Crippen LogP contribution in [-0.2, 0) is 9.53 Å². The smallest absolute Gasteiger partial charge is 0.340 e. The Bertz CT molecular complexity index is 623. The number of ether oxygens (including phenoxy) is 1. The summed E-state index contributed by atoms with van der Waals surface area (Å²) in [5.74, 6) is -0.572. The molecule has 1 atom stereocenters. The molecule has 0 spiro atoms. The van der Waals surface area contributed by atoms with E-state index in [1.165, 1.54) is 7.11 Å². The van der Waals surface area contributed by atoms with Crippen LogP contribution in [0.25, 0.3) is 10.4 Å². The number of esters is 1. The normalized spacial score (nSPS) is 17.5. The van der Waals surface area contributed by atoms with Gasteiger partial charge in [0.05, 0.1) is 18.4 Å². The number of hydrogen-bond acceptors (Lipinski definition) is 4. The molecule has 1 aliphatic rings. The van der Waals surface area contributed by atoms with E-state index in [2.05, 4.69) is 10.0 Å². The molecular formula is C14H16N4O3. The van der Waals surface area contributed by atoms with Gasteiger partial charge in [0.15, 0.2) is 0 Å². The van der Waals surface area contributed by atoms with Crippen LogP contribution in [0, 0.1) is 12.8 Å². The Morgan fingerprint density at radius 3 is 3.00 bits per heavy atom. The van der Waals surface area contributed by atoms with E-state index in [0.29, 0.717) is 24.2 Å². The fourth-order valence-electron chi connectivity index (χ4n) is 2.53. The van der Waals surface area contributed by atoms with E-state index >= 15 is 0 Å². The van der Waals surface area contributed by atoms with Crippen molar-refractivity contribution in [2.45, 2.75) is 13.3 Å². The lowest BCUT2D eigenvalue weighted by molar-refractivity contribution is -0.117. The maximum absolute atomic E-state index is 12.2. The Balaban J connectivity index is 2.34. The highest BCUT2D eigenvalue weighted by molar-refractivity contribution is 6.04. The van der Waals surface area contributed by atoms with E-state index < -0.39 is 5.97 Å². The maximum Gasteiger partial charge on any atom is 0.340 e. The number of amides is 1. The molecule has 0 aromatic heterocycles. The number of anilines is 1. The first kappa shape index (κ1) is 14.9. The number of nitrogens with zero attached hydrogens (tertiary/aromatic N) is 4. The molecule has 0 aliphatic carbocycles. The predicted molar refractivity (Wildman–Crippen MR) is 77.0 cm³/mol. The molecule has 1 fully saturated rings. The number of aryl methyl sites for hydroxylation is 1. The zero-order chi connectivity index (χ0) is 15.4. The SMILES string of the molecule is COC(=O)c1c(C)cccc1N1CC(CN=[N+]=[N-])CC1=O. The molecule has 110 valence electrons. The second-order valence-corrected chi connectivity index (χ2v) is 4.95. The fourth-order valence-corrected chi connectivity index (χ4v) is 2.53. The molecule has 0 radical (unpaired) electrons. The van der Waals surface area contributed by atoms with Gasteiger partial charge in [0.1, 0.15) is 0 Å². The van der Waals surface area contributed by atoms with Crippen molar-refractivity contribution in [3.8, 4) is 0 Å². The lowest BCUT2D eigenvalue weighted by Gasteiger charge is -2.20. The summed E-state index contributed by atoms with van der Waals surface area (Å²) in [6.07, 6.45) is 0.313. The van der Waals surface area contributed by atoms with Crippen molar-refractivity contribution in [2.75, 3.05) is 25.1 Å². The molecule has 1 aromatic carbocycles. The van der Waals surface area contributed by atoms with Crippen molar-refractivity contribution in [3.63, 3.8) is 0 Å². The molecule has 1 heterocycles. The second kappa shape index (κ2) is 6.28. The first-order valence-corrected chi connectivity index (χ1v) is 6.57. The Morgan fingerprint density at radius 1 is 1.57 bits per heavy atom. The summed E-state index contributed by atoms with van der Waals surface area (Å²) in [4.78, 5) is 28.4. The standard InChI is InChI=1S/C14H16N4O3/c1-9-4-3-5-11(13(9)14(20)21-2)18-8-10(6-12(18)19)7-16-17-15/h3-5,10H,6-8H2,1-2H3. The molecule has 1 aromatic rings. The molecule has 7 heteroatoms. The maximum atomic E-state index is 12.2. The number of hydrogen-bond donors (Lipinski definition) is 0. The summed E-state index contributed by atoms with van der Waals surface area (Å²) in [6.45, 7) is 2.51. The van der Waals surface area contributed by atoms with Crippen LogP contribution >= 0.6 is 0 Å². The Labute approximate surface area is 122 Å². The van der Waals surface area contributed by atoms with Gasteiger partial charge in [0.25, 0.3) is 0 Å². The van der Waals surface area contributed by atoms with E-state index in [-0.39, 0.29) is 18.4 Å². The number of azide groups is 1. The summed E-state index contributed by atoms with van der Waals surface area (Å²) >= 11 is 0. The number of benzene rings is 1. The second-order valence-electron chi connectivity index (χ2n) is 4.95. The fraction of sp³-hybridized carbons (Fsp3) is 0.429. The van der Waals surface area contributed by atoms with Gasteiger partial charge in [-0.1, -0.05) is 17.2 Å². The quantitative estimate of drug-likeness (QED) is 0.368. The summed E-state index contributed by atoms with van der Waals surface area (Å²) in [5.41, 5.74) is 10.1. The minimum Gasteiger partial charge on any atom is -0.465 e. The average molecular weight is 288 g/mol. The van der Waals surface area contributed by atoms with Crippen LogP contribution in [0.15, 0.2) is 23.3 Å². The van der Waals surface area contributed by atoms with E-state index in [4.69, 9.17) is 10.3 Å². The molecule has 0 saturated carbocycles. The predicted octanol–water partition coefficient (Wildman–Crippen LogP) is 2.44. The zero-order valence-corrected chi connectivity index (χ0v) is 11.9. The Kier molecular flexibility index (Phi) is 4.45. The van der Waals surface area contributed by atoms with Gasteiger partial charge in [-0.3, -0.25) is 4.79 Å². The highest BCUT2D eigenvalue weighted by Gasteiger charge is 2.32. The van der Waals surface area contributed by atoms with Crippen molar-refractivity contribution >= 4 is 17.6 Å². The Morgan fingerprint density at radius 2 is 2.33 bits per heavy atom. The number of methoxy groups -OCH3 is 1. The molecule has 1 amide bonds. The molecule has 0 N–H and O–H groups in total. The molecular weight excluding hydrogens is 272 g/mol. The molecule has 0 bridgehead atoms. The topological polar surface area (TPSA) is 95.4 Å². The van der Waals surface area contributed by atoms with Gasteiger partial charge in [0, 0.05) is 24.4 Å². The van der Waals surface area contributed by atoms with Crippen LogP contribution in [0.3, 0.4) is 0 Å². The van der Waals surface area contributed by atoms with E-state index in [9.17, 15) is 9.59 Å². The largest absolute Gasteiger partial charge is 0.465 e. The van der Waals surface area contributed by atoms with Gasteiger partial charge < -0.3 is 9.64 Å². The van der Waals surface area contributed by atoms with Crippen molar-refractivity contribution in [2.24, 2.45) is 11.0 Å². The van der Waals surface area contributed by atoms with Gasteiger partial charge in [-0.25, -0.2) is 4.79 Å². The lowest BCUT2D eigenvalue weighted by atomic mass is 10.1. The van der Waals surface area contributed by atoms with Crippen LogP contribution in [0.4, 0.5) is 5.69 Å². The van der Waals surface area contributed by atoms with Crippen molar-refractivity contribution in [3.05, 3.63) is 39.8 Å². The average Bonchev–Trinajstić information content (AvgIpc) is 2.85. The van der Waals surface area contributed by atoms with Crippen molar-refractivity contribution in [1.29, 1.82) is 0 Å². The van der Waals surface area contributed by atoms with E-state index in [1.54, 1.807) is 30.0 Å². The van der Waals surface area contributed by atoms with Crippen LogP contribution in [-0.4, -0.2) is 32.1 Å². The highest BCUT2D eigenvalue weighted by Crippen LogP contribution is 2.30. The monoisotopic (exact) mass is 288 g/mol. The lowest BCUT2D eigenvalue weighted by Crippen LogP contribution is -2.27. The van der Waals surface area contributed by atoms with Gasteiger partial charge >= 0.3 is 5.97 Å². The third-order valence-corrected chi connectivity index (χ3v) is 3.54. The minimum absolute atomic E-state index is 0.0283. The summed E-state index contributed by atoms with van der Waals surface area (Å²) < 4.78 is 4.80. The van der Waals surface area contributed by atoms with Gasteiger partial charge in [-0.2, -0.15) is 0 Å². The number of carbonyl (C=O) groups is 2. The van der Waals surface area contributed by atoms with Crippen molar-refractivity contribution < 1.29 is 14.3 Å². The molecule has 21 heavy (non-hydrogen) atoms. The zero-order valence-electron chi connectivity index (χ0n) is 11.9. The highest BCUT2D eigenvalue weighted by atomic mass is 16.5. The van der Waals surface area contributed by atoms with E-state index in [0.717, 1.165) is 5.56 Å². The van der Waals surface area contributed by atoms with Crippen LogP contribution in [0.2, 0.25) is 0 Å². The third-order valence-electron chi connectivity index (χ3n) is 3.54. The molecule has 1 unspecified atom stereocenters. The van der Waals surface area contributed by atoms with Crippen molar-refractivity contribution in [1.82, 2.24) is 0 Å². The summed E-state index contributed by atoms with van der Waals surface area (Å²) in [5, 5.41) is 3.52. The minimum atomic E-state index is -0.464. The summed E-state index contributed by atoms with van der Waals surface area (Å²) in [6, 6.07) is 5.33. The molecule has 7 nitrogen and oxygen atoms in total.